The summed E-state index contributed by atoms with van der Waals surface area (Å²) in [4.78, 5) is 67.7. The van der Waals surface area contributed by atoms with E-state index < -0.39 is 41.5 Å². The highest BCUT2D eigenvalue weighted by atomic mass is 35.5. The van der Waals surface area contributed by atoms with Crippen molar-refractivity contribution in [2.75, 3.05) is 26.2 Å². The summed E-state index contributed by atoms with van der Waals surface area (Å²) in [5.41, 5.74) is 14.5. The monoisotopic (exact) mass is 790 g/mol. The van der Waals surface area contributed by atoms with Gasteiger partial charge in [0.05, 0.1) is 13.0 Å². The zero-order valence-electron chi connectivity index (χ0n) is 29.8. The molecule has 1 radical (unpaired) electrons. The molecule has 0 aliphatic rings. The number of nitrogens with zero attached hydrogens (tertiary/aromatic N) is 2. The highest BCUT2D eigenvalue weighted by Crippen LogP contribution is 2.34. The first-order valence-electron chi connectivity index (χ1n) is 17.4. The molecule has 2 unspecified atom stereocenters. The Morgan fingerprint density at radius 1 is 0.759 bits per heavy atom. The second-order valence-electron chi connectivity index (χ2n) is 12.9. The number of nitrogens with two attached hydrogens (primary N) is 2. The Labute approximate surface area is 330 Å². The molecular weight excluding hydrogens is 749 g/mol. The topological polar surface area (TPSA) is 156 Å². The first-order valence-corrected chi connectivity index (χ1v) is 18.5. The van der Waals surface area contributed by atoms with Gasteiger partial charge in [0.1, 0.15) is 0 Å². The first-order chi connectivity index (χ1) is 25.8. The predicted octanol–water partition coefficient (Wildman–Crippen LogP) is 6.45. The molecule has 0 aliphatic heterocycles. The second kappa shape index (κ2) is 20.5. The number of amides is 6. The second-order valence-corrected chi connectivity index (χ2v) is 14.2. The Morgan fingerprint density at radius 3 is 1.91 bits per heavy atom. The number of hydrogen-bond acceptors (Lipinski definition) is 5. The minimum atomic E-state index is -0.885. The maximum absolute atomic E-state index is 14.0. The quantitative estimate of drug-likeness (QED) is 0.106. The Bertz CT molecular complexity index is 1860. The number of primary amides is 2. The van der Waals surface area contributed by atoms with E-state index in [1.54, 1.807) is 30.3 Å². The molecule has 0 saturated heterocycles. The van der Waals surface area contributed by atoms with Gasteiger partial charge in [-0.05, 0) is 65.3 Å². The van der Waals surface area contributed by atoms with E-state index in [2.05, 4.69) is 5.32 Å². The summed E-state index contributed by atoms with van der Waals surface area (Å²) in [6.45, 7) is 1.28. The van der Waals surface area contributed by atoms with Crippen molar-refractivity contribution in [1.29, 1.82) is 0 Å². The number of benzene rings is 4. The number of urea groups is 1. The molecule has 2 atom stereocenters. The van der Waals surface area contributed by atoms with E-state index >= 15 is 0 Å². The number of hydrogen-bond donors (Lipinski definition) is 3. The van der Waals surface area contributed by atoms with Crippen LogP contribution in [0.5, 0.6) is 0 Å². The average Bonchev–Trinajstić information content (AvgIpc) is 3.14. The smallest absolute Gasteiger partial charge is 0.321 e. The molecule has 283 valence electrons. The van der Waals surface area contributed by atoms with E-state index in [0.717, 1.165) is 21.6 Å². The van der Waals surface area contributed by atoms with Crippen LogP contribution in [0.3, 0.4) is 0 Å². The van der Waals surface area contributed by atoms with Crippen LogP contribution in [0.2, 0.25) is 15.1 Å². The van der Waals surface area contributed by atoms with Crippen molar-refractivity contribution in [2.24, 2.45) is 23.3 Å². The Hall–Kier alpha value is -4.90. The van der Waals surface area contributed by atoms with Crippen LogP contribution in [0, 0.1) is 18.3 Å². The van der Waals surface area contributed by atoms with Crippen molar-refractivity contribution in [3.8, 4) is 0 Å². The lowest BCUT2D eigenvalue weighted by molar-refractivity contribution is -0.135. The molecule has 0 fully saturated rings. The molecule has 13 heteroatoms. The van der Waals surface area contributed by atoms with E-state index in [0.29, 0.717) is 33.5 Å². The number of halogens is 3. The van der Waals surface area contributed by atoms with Crippen molar-refractivity contribution >= 4 is 64.5 Å². The lowest BCUT2D eigenvalue weighted by Crippen LogP contribution is -2.46. The molecule has 6 amide bonds. The number of carbonyl (C=O) groups is 5. The summed E-state index contributed by atoms with van der Waals surface area (Å²) >= 11 is 18.5. The van der Waals surface area contributed by atoms with Gasteiger partial charge in [0.25, 0.3) is 0 Å². The van der Waals surface area contributed by atoms with Crippen LogP contribution in [-0.2, 0) is 32.0 Å². The molecular formula is C41H43Cl3N5O5. The molecule has 5 N–H and O–H groups in total. The largest absolute Gasteiger partial charge is 0.369 e. The van der Waals surface area contributed by atoms with Gasteiger partial charge >= 0.3 is 6.03 Å². The van der Waals surface area contributed by atoms with E-state index in [1.807, 2.05) is 72.8 Å². The van der Waals surface area contributed by atoms with Crippen LogP contribution in [0.4, 0.5) is 4.79 Å². The Morgan fingerprint density at radius 2 is 1.35 bits per heavy atom. The van der Waals surface area contributed by atoms with Crippen LogP contribution in [0.25, 0.3) is 0 Å². The summed E-state index contributed by atoms with van der Waals surface area (Å²) in [6, 6.07) is 30.3. The number of rotatable bonds is 18. The molecule has 0 aromatic heterocycles. The van der Waals surface area contributed by atoms with Crippen LogP contribution in [0.1, 0.15) is 41.5 Å². The molecule has 4 aromatic rings. The number of nitrogens with one attached hydrogen (secondary N) is 1. The summed E-state index contributed by atoms with van der Waals surface area (Å²) in [7, 11) is 0. The minimum Gasteiger partial charge on any atom is -0.369 e. The van der Waals surface area contributed by atoms with Gasteiger partial charge in [0.2, 0.25) is 23.6 Å². The summed E-state index contributed by atoms with van der Waals surface area (Å²) in [5.74, 6) is -4.05. The van der Waals surface area contributed by atoms with Gasteiger partial charge in [-0.3, -0.25) is 24.1 Å². The van der Waals surface area contributed by atoms with Crippen molar-refractivity contribution < 1.29 is 24.0 Å². The van der Waals surface area contributed by atoms with Crippen molar-refractivity contribution in [2.45, 2.75) is 32.1 Å². The van der Waals surface area contributed by atoms with Gasteiger partial charge in [-0.25, -0.2) is 4.79 Å². The number of imide groups is 1. The van der Waals surface area contributed by atoms with Crippen molar-refractivity contribution in [3.05, 3.63) is 147 Å². The molecule has 0 bridgehead atoms. The summed E-state index contributed by atoms with van der Waals surface area (Å²) in [6.07, 6.45) is 1.70. The average molecular weight is 792 g/mol. The zero-order chi connectivity index (χ0) is 39.2. The number of carbonyl (C=O) groups excluding carboxylic acids is 5. The van der Waals surface area contributed by atoms with Gasteiger partial charge < -0.3 is 21.7 Å². The third-order valence-corrected chi connectivity index (χ3v) is 9.88. The summed E-state index contributed by atoms with van der Waals surface area (Å²) in [5, 5.41) is 4.37. The van der Waals surface area contributed by atoms with E-state index in [4.69, 9.17) is 46.3 Å². The molecule has 4 aromatic carbocycles. The molecule has 10 nitrogen and oxygen atoms in total. The SMILES string of the molecule is CC([CH]C(=O)N(CCc1ccc(Cl)cc1Cl)CC(=O)NCC(CC(=O)N(CCc1ccc(Cl)cc1)C(N)=O)C(c1ccccc1)c1ccccc1)C(N)=O. The maximum Gasteiger partial charge on any atom is 0.321 e. The van der Waals surface area contributed by atoms with Crippen LogP contribution in [-0.4, -0.2) is 65.6 Å². The fourth-order valence-electron chi connectivity index (χ4n) is 6.07. The summed E-state index contributed by atoms with van der Waals surface area (Å²) < 4.78 is 0. The Balaban J connectivity index is 1.58. The van der Waals surface area contributed by atoms with Gasteiger partial charge in [-0.2, -0.15) is 0 Å². The molecule has 0 spiro atoms. The van der Waals surface area contributed by atoms with Crippen molar-refractivity contribution in [1.82, 2.24) is 15.1 Å². The molecule has 0 heterocycles. The van der Waals surface area contributed by atoms with Crippen molar-refractivity contribution in [3.63, 3.8) is 0 Å². The normalized spacial score (nSPS) is 12.1. The van der Waals surface area contributed by atoms with Gasteiger partial charge in [-0.1, -0.05) is 121 Å². The highest BCUT2D eigenvalue weighted by Gasteiger charge is 2.31. The van der Waals surface area contributed by atoms with Crippen LogP contribution < -0.4 is 16.8 Å². The highest BCUT2D eigenvalue weighted by molar-refractivity contribution is 6.35. The third-order valence-electron chi connectivity index (χ3n) is 9.05. The lowest BCUT2D eigenvalue weighted by atomic mass is 9.78. The van der Waals surface area contributed by atoms with E-state index in [1.165, 1.54) is 18.2 Å². The fraction of sp³-hybridized carbons (Fsp3) is 0.268. The van der Waals surface area contributed by atoms with Gasteiger partial charge in [-0.15, -0.1) is 0 Å². The van der Waals surface area contributed by atoms with Gasteiger partial charge in [0.15, 0.2) is 0 Å². The molecule has 0 saturated carbocycles. The maximum atomic E-state index is 14.0. The minimum absolute atomic E-state index is 0.00919. The van der Waals surface area contributed by atoms with E-state index in [9.17, 15) is 24.0 Å². The molecule has 4 rings (SSSR count). The lowest BCUT2D eigenvalue weighted by Gasteiger charge is -2.30. The van der Waals surface area contributed by atoms with E-state index in [-0.39, 0.29) is 38.5 Å². The first kappa shape index (κ1) is 41.9. The fourth-order valence-corrected chi connectivity index (χ4v) is 6.70. The standard InChI is InChI=1S/C41H43Cl3N5O5/c1-27(40(45)53)22-37(51)48(20-19-29-14-17-34(43)24-35(29)44)26-36(50)47-25-32(39(30-8-4-2-5-9-30)31-10-6-3-7-11-31)23-38(52)49(41(46)54)21-18-28-12-15-33(42)16-13-28/h2-17,22,24,27,32,39H,18-21,23,25-26H2,1H3,(H2,45,53)(H2,46,54)(H,47,50). The van der Waals surface area contributed by atoms with Crippen LogP contribution >= 0.6 is 34.8 Å². The molecule has 0 aliphatic carbocycles. The van der Waals surface area contributed by atoms with Crippen LogP contribution in [0.15, 0.2) is 103 Å². The third kappa shape index (κ3) is 12.6. The molecule has 54 heavy (non-hydrogen) atoms. The zero-order valence-corrected chi connectivity index (χ0v) is 32.1. The Kier molecular flexibility index (Phi) is 15.9. The predicted molar refractivity (Wildman–Crippen MR) is 212 cm³/mol. The van der Waals surface area contributed by atoms with Gasteiger partial charge in [0, 0.05) is 53.0 Å².